The SMILES string of the molecule is CC(C)NC(C)(CCCOCCC1CC1)C(N)=O. The van der Waals surface area contributed by atoms with E-state index in [0.29, 0.717) is 0 Å². The Morgan fingerprint density at radius 3 is 2.61 bits per heavy atom. The topological polar surface area (TPSA) is 64.3 Å². The van der Waals surface area contributed by atoms with Gasteiger partial charge in [0.05, 0.1) is 5.54 Å². The molecule has 0 saturated heterocycles. The van der Waals surface area contributed by atoms with Crippen molar-refractivity contribution in [3.05, 3.63) is 0 Å². The number of nitrogens with one attached hydrogen (secondary N) is 1. The van der Waals surface area contributed by atoms with Crippen LogP contribution >= 0.6 is 0 Å². The minimum Gasteiger partial charge on any atom is -0.381 e. The molecule has 106 valence electrons. The van der Waals surface area contributed by atoms with Crippen LogP contribution in [0.15, 0.2) is 0 Å². The van der Waals surface area contributed by atoms with E-state index in [1.54, 1.807) is 0 Å². The second-order valence-electron chi connectivity index (χ2n) is 5.94. The van der Waals surface area contributed by atoms with Gasteiger partial charge in [-0.2, -0.15) is 0 Å². The van der Waals surface area contributed by atoms with E-state index < -0.39 is 5.54 Å². The quantitative estimate of drug-likeness (QED) is 0.586. The molecule has 1 fully saturated rings. The summed E-state index contributed by atoms with van der Waals surface area (Å²) in [5, 5.41) is 3.24. The number of ether oxygens (including phenoxy) is 1. The Labute approximate surface area is 111 Å². The maximum absolute atomic E-state index is 11.5. The highest BCUT2D eigenvalue weighted by Crippen LogP contribution is 2.32. The molecule has 0 aromatic carbocycles. The van der Waals surface area contributed by atoms with Gasteiger partial charge in [-0.25, -0.2) is 0 Å². The highest BCUT2D eigenvalue weighted by molar-refractivity contribution is 5.84. The van der Waals surface area contributed by atoms with Gasteiger partial charge in [-0.15, -0.1) is 0 Å². The van der Waals surface area contributed by atoms with Gasteiger partial charge in [0.1, 0.15) is 0 Å². The first kappa shape index (κ1) is 15.4. The largest absolute Gasteiger partial charge is 0.381 e. The monoisotopic (exact) mass is 256 g/mol. The molecule has 0 bridgehead atoms. The fourth-order valence-electron chi connectivity index (χ4n) is 2.19. The molecule has 1 rings (SSSR count). The molecule has 3 N–H and O–H groups in total. The molecule has 0 spiro atoms. The van der Waals surface area contributed by atoms with Gasteiger partial charge in [0, 0.05) is 19.3 Å². The van der Waals surface area contributed by atoms with E-state index in [0.717, 1.165) is 32.0 Å². The number of primary amides is 1. The van der Waals surface area contributed by atoms with Crippen molar-refractivity contribution in [2.75, 3.05) is 13.2 Å². The van der Waals surface area contributed by atoms with Crippen LogP contribution in [0.5, 0.6) is 0 Å². The summed E-state index contributed by atoms with van der Waals surface area (Å²) in [7, 11) is 0. The molecule has 1 unspecified atom stereocenters. The number of hydrogen-bond acceptors (Lipinski definition) is 3. The number of carbonyl (C=O) groups is 1. The third-order valence-corrected chi connectivity index (χ3v) is 3.48. The van der Waals surface area contributed by atoms with Gasteiger partial charge in [0.25, 0.3) is 0 Å². The summed E-state index contributed by atoms with van der Waals surface area (Å²) in [5.74, 6) is 0.637. The van der Waals surface area contributed by atoms with Crippen LogP contribution in [0.1, 0.15) is 52.9 Å². The Balaban J connectivity index is 2.13. The van der Waals surface area contributed by atoms with Gasteiger partial charge in [0.15, 0.2) is 0 Å². The molecular weight excluding hydrogens is 228 g/mol. The van der Waals surface area contributed by atoms with E-state index in [2.05, 4.69) is 5.32 Å². The molecule has 1 atom stereocenters. The fourth-order valence-corrected chi connectivity index (χ4v) is 2.19. The maximum atomic E-state index is 11.5. The molecule has 0 heterocycles. The molecule has 1 saturated carbocycles. The second-order valence-corrected chi connectivity index (χ2v) is 5.94. The lowest BCUT2D eigenvalue weighted by Gasteiger charge is -2.29. The average Bonchev–Trinajstić information content (AvgIpc) is 3.05. The Morgan fingerprint density at radius 1 is 1.44 bits per heavy atom. The van der Waals surface area contributed by atoms with Crippen molar-refractivity contribution in [1.82, 2.24) is 5.32 Å². The van der Waals surface area contributed by atoms with Crippen molar-refractivity contribution >= 4 is 5.91 Å². The predicted octanol–water partition coefficient (Wildman–Crippen LogP) is 1.83. The van der Waals surface area contributed by atoms with E-state index in [-0.39, 0.29) is 11.9 Å². The van der Waals surface area contributed by atoms with Crippen molar-refractivity contribution in [3.8, 4) is 0 Å². The zero-order valence-corrected chi connectivity index (χ0v) is 12.0. The Hall–Kier alpha value is -0.610. The zero-order chi connectivity index (χ0) is 13.6. The van der Waals surface area contributed by atoms with E-state index in [1.807, 2.05) is 20.8 Å². The van der Waals surface area contributed by atoms with Crippen molar-refractivity contribution in [1.29, 1.82) is 0 Å². The minimum absolute atomic E-state index is 0.248. The van der Waals surface area contributed by atoms with Gasteiger partial charge in [-0.1, -0.05) is 12.8 Å². The second kappa shape index (κ2) is 7.10. The molecule has 4 nitrogen and oxygen atoms in total. The molecule has 0 aromatic heterocycles. The molecule has 0 aromatic rings. The first-order valence-electron chi connectivity index (χ1n) is 7.09. The van der Waals surface area contributed by atoms with Gasteiger partial charge < -0.3 is 15.8 Å². The number of carbonyl (C=O) groups excluding carboxylic acids is 1. The van der Waals surface area contributed by atoms with Gasteiger partial charge in [-0.05, 0) is 46.0 Å². The van der Waals surface area contributed by atoms with Crippen LogP contribution in [-0.2, 0) is 9.53 Å². The highest BCUT2D eigenvalue weighted by atomic mass is 16.5. The van der Waals surface area contributed by atoms with Crippen molar-refractivity contribution < 1.29 is 9.53 Å². The van der Waals surface area contributed by atoms with Crippen molar-refractivity contribution in [3.63, 3.8) is 0 Å². The van der Waals surface area contributed by atoms with Gasteiger partial charge in [0.2, 0.25) is 5.91 Å². The number of rotatable bonds is 10. The summed E-state index contributed by atoms with van der Waals surface area (Å²) in [4.78, 5) is 11.5. The molecule has 0 aliphatic heterocycles. The lowest BCUT2D eigenvalue weighted by atomic mass is 9.94. The first-order chi connectivity index (χ1) is 8.44. The standard InChI is InChI=1S/C14H28N2O2/c1-11(2)16-14(3,13(15)17)8-4-9-18-10-7-12-5-6-12/h11-12,16H,4-10H2,1-3H3,(H2,15,17). The molecule has 4 heteroatoms. The molecule has 0 radical (unpaired) electrons. The summed E-state index contributed by atoms with van der Waals surface area (Å²) in [6.07, 6.45) is 5.54. The zero-order valence-electron chi connectivity index (χ0n) is 12.0. The molecule has 1 aliphatic carbocycles. The highest BCUT2D eigenvalue weighted by Gasteiger charge is 2.30. The van der Waals surface area contributed by atoms with E-state index in [4.69, 9.17) is 10.5 Å². The molecule has 1 aliphatic rings. The van der Waals surface area contributed by atoms with Crippen LogP contribution < -0.4 is 11.1 Å². The van der Waals surface area contributed by atoms with Gasteiger partial charge in [-0.3, -0.25) is 4.79 Å². The number of nitrogens with two attached hydrogens (primary N) is 1. The van der Waals surface area contributed by atoms with Crippen LogP contribution in [0.4, 0.5) is 0 Å². The summed E-state index contributed by atoms with van der Waals surface area (Å²) in [6, 6.07) is 0.248. The van der Waals surface area contributed by atoms with Crippen LogP contribution in [0.25, 0.3) is 0 Å². The number of amides is 1. The van der Waals surface area contributed by atoms with E-state index >= 15 is 0 Å². The van der Waals surface area contributed by atoms with Crippen LogP contribution in [0.2, 0.25) is 0 Å². The summed E-state index contributed by atoms with van der Waals surface area (Å²) < 4.78 is 5.58. The van der Waals surface area contributed by atoms with Crippen LogP contribution in [-0.4, -0.2) is 30.7 Å². The Bertz CT molecular complexity index is 265. The normalized spacial score (nSPS) is 18.9. The first-order valence-corrected chi connectivity index (χ1v) is 7.09. The minimum atomic E-state index is -0.617. The third kappa shape index (κ3) is 5.83. The smallest absolute Gasteiger partial charge is 0.237 e. The van der Waals surface area contributed by atoms with Crippen molar-refractivity contribution in [2.24, 2.45) is 11.7 Å². The molecule has 1 amide bonds. The molecular formula is C14H28N2O2. The van der Waals surface area contributed by atoms with Crippen molar-refractivity contribution in [2.45, 2.75) is 64.5 Å². The lowest BCUT2D eigenvalue weighted by Crippen LogP contribution is -2.55. The third-order valence-electron chi connectivity index (χ3n) is 3.48. The van der Waals surface area contributed by atoms with E-state index in [1.165, 1.54) is 19.3 Å². The van der Waals surface area contributed by atoms with Crippen LogP contribution in [0, 0.1) is 5.92 Å². The summed E-state index contributed by atoms with van der Waals surface area (Å²) >= 11 is 0. The fraction of sp³-hybridized carbons (Fsp3) is 0.929. The maximum Gasteiger partial charge on any atom is 0.237 e. The number of hydrogen-bond donors (Lipinski definition) is 2. The van der Waals surface area contributed by atoms with Gasteiger partial charge >= 0.3 is 0 Å². The lowest BCUT2D eigenvalue weighted by molar-refractivity contribution is -0.124. The summed E-state index contributed by atoms with van der Waals surface area (Å²) in [5.41, 5.74) is 4.85. The van der Waals surface area contributed by atoms with E-state index in [9.17, 15) is 4.79 Å². The average molecular weight is 256 g/mol. The predicted molar refractivity (Wildman–Crippen MR) is 73.3 cm³/mol. The Kier molecular flexibility index (Phi) is 6.09. The summed E-state index contributed by atoms with van der Waals surface area (Å²) in [6.45, 7) is 7.49. The Morgan fingerprint density at radius 2 is 2.11 bits per heavy atom. The van der Waals surface area contributed by atoms with Crippen LogP contribution in [0.3, 0.4) is 0 Å². The molecule has 18 heavy (non-hydrogen) atoms.